The number of rotatable bonds is 6. The van der Waals surface area contributed by atoms with Crippen molar-refractivity contribution in [3.8, 4) is 0 Å². The van der Waals surface area contributed by atoms with Gasteiger partial charge in [0.2, 0.25) is 0 Å². The van der Waals surface area contributed by atoms with Crippen LogP contribution in [-0.2, 0) is 19.1 Å². The molecule has 0 spiro atoms. The molecule has 2 rings (SSSR count). The summed E-state index contributed by atoms with van der Waals surface area (Å²) in [6, 6.07) is 7.80. The predicted molar refractivity (Wildman–Crippen MR) is 105 cm³/mol. The van der Waals surface area contributed by atoms with Gasteiger partial charge in [0.1, 0.15) is 0 Å². The van der Waals surface area contributed by atoms with Crippen LogP contribution in [0.15, 0.2) is 46.8 Å². The second-order valence-corrected chi connectivity index (χ2v) is 6.56. The molecule has 0 aromatic heterocycles. The number of anilines is 1. The third-order valence-corrected chi connectivity index (χ3v) is 4.49. The maximum atomic E-state index is 12.7. The van der Waals surface area contributed by atoms with Crippen molar-refractivity contribution in [2.75, 3.05) is 32.2 Å². The third-order valence-electron chi connectivity index (χ3n) is 4.49. The van der Waals surface area contributed by atoms with E-state index in [2.05, 4.69) is 5.32 Å². The van der Waals surface area contributed by atoms with Gasteiger partial charge in [0.05, 0.1) is 30.3 Å². The minimum atomic E-state index is -0.541. The topological polar surface area (TPSA) is 67.9 Å². The van der Waals surface area contributed by atoms with Gasteiger partial charge in [-0.05, 0) is 45.4 Å². The van der Waals surface area contributed by atoms with E-state index in [1.165, 1.54) is 0 Å². The fourth-order valence-electron chi connectivity index (χ4n) is 3.25. The molecule has 1 N–H and O–H groups in total. The van der Waals surface area contributed by atoms with Crippen LogP contribution in [0.4, 0.5) is 5.69 Å². The Bertz CT molecular complexity index is 736. The summed E-state index contributed by atoms with van der Waals surface area (Å²) in [6.07, 6.45) is 0. The highest BCUT2D eigenvalue weighted by Gasteiger charge is 2.37. The van der Waals surface area contributed by atoms with E-state index in [0.717, 1.165) is 11.3 Å². The Hall–Kier alpha value is -2.76. The van der Waals surface area contributed by atoms with Crippen LogP contribution < -0.4 is 10.2 Å². The molecule has 1 aromatic rings. The molecule has 27 heavy (non-hydrogen) atoms. The molecule has 0 unspecified atom stereocenters. The standard InChI is InChI=1S/C21H28N2O4/c1-7-26-20(24)17-13(3)22-14(4)18(21(25)27-8-2)19(17)15-9-11-16(12-10-15)23(5)6/h9-12,19,22H,7-8H2,1-6H3. The van der Waals surface area contributed by atoms with Gasteiger partial charge in [-0.25, -0.2) is 9.59 Å². The van der Waals surface area contributed by atoms with E-state index in [1.54, 1.807) is 13.8 Å². The number of hydrogen-bond donors (Lipinski definition) is 1. The molecule has 1 aliphatic rings. The minimum Gasteiger partial charge on any atom is -0.463 e. The third kappa shape index (κ3) is 4.32. The summed E-state index contributed by atoms with van der Waals surface area (Å²) in [5, 5.41) is 3.14. The summed E-state index contributed by atoms with van der Waals surface area (Å²) in [7, 11) is 3.92. The molecule has 6 heteroatoms. The first-order chi connectivity index (χ1) is 12.8. The first-order valence-electron chi connectivity index (χ1n) is 9.11. The maximum Gasteiger partial charge on any atom is 0.336 e. The lowest BCUT2D eigenvalue weighted by Gasteiger charge is -2.30. The van der Waals surface area contributed by atoms with Crippen molar-refractivity contribution in [2.45, 2.75) is 33.6 Å². The zero-order chi connectivity index (χ0) is 20.1. The lowest BCUT2D eigenvalue weighted by atomic mass is 9.80. The van der Waals surface area contributed by atoms with Crippen molar-refractivity contribution in [1.82, 2.24) is 5.32 Å². The van der Waals surface area contributed by atoms with Crippen LogP contribution in [0.1, 0.15) is 39.2 Å². The molecule has 0 atom stereocenters. The Labute approximate surface area is 160 Å². The molecule has 1 aromatic carbocycles. The Morgan fingerprint density at radius 1 is 0.926 bits per heavy atom. The van der Waals surface area contributed by atoms with Gasteiger partial charge in [-0.3, -0.25) is 0 Å². The lowest BCUT2D eigenvalue weighted by molar-refractivity contribution is -0.139. The minimum absolute atomic E-state index is 0.263. The van der Waals surface area contributed by atoms with Gasteiger partial charge < -0.3 is 19.7 Å². The van der Waals surface area contributed by atoms with Gasteiger partial charge in [-0.15, -0.1) is 0 Å². The second kappa shape index (κ2) is 8.75. The van der Waals surface area contributed by atoms with Crippen LogP contribution in [0, 0.1) is 0 Å². The molecule has 0 saturated carbocycles. The molecule has 1 heterocycles. The molecular formula is C21H28N2O4. The van der Waals surface area contributed by atoms with E-state index in [9.17, 15) is 9.59 Å². The number of nitrogens with one attached hydrogen (secondary N) is 1. The van der Waals surface area contributed by atoms with Crippen LogP contribution in [0.25, 0.3) is 0 Å². The van der Waals surface area contributed by atoms with Crippen LogP contribution in [0.2, 0.25) is 0 Å². The zero-order valence-corrected chi connectivity index (χ0v) is 16.9. The molecule has 0 amide bonds. The highest BCUT2D eigenvalue weighted by atomic mass is 16.5. The van der Waals surface area contributed by atoms with Crippen molar-refractivity contribution in [2.24, 2.45) is 0 Å². The average Bonchev–Trinajstić information content (AvgIpc) is 2.61. The monoisotopic (exact) mass is 372 g/mol. The molecule has 6 nitrogen and oxygen atoms in total. The van der Waals surface area contributed by atoms with Crippen LogP contribution in [0.3, 0.4) is 0 Å². The quantitative estimate of drug-likeness (QED) is 0.774. The molecule has 0 fully saturated rings. The Morgan fingerprint density at radius 2 is 1.37 bits per heavy atom. The van der Waals surface area contributed by atoms with Gasteiger partial charge in [-0.1, -0.05) is 12.1 Å². The largest absolute Gasteiger partial charge is 0.463 e. The number of dihydropyridines is 1. The summed E-state index contributed by atoms with van der Waals surface area (Å²) in [6.45, 7) is 7.69. The van der Waals surface area contributed by atoms with Crippen molar-refractivity contribution < 1.29 is 19.1 Å². The van der Waals surface area contributed by atoms with Crippen LogP contribution in [0.5, 0.6) is 0 Å². The zero-order valence-electron chi connectivity index (χ0n) is 16.9. The van der Waals surface area contributed by atoms with E-state index in [1.807, 2.05) is 57.1 Å². The number of carbonyl (C=O) groups is 2. The fourth-order valence-corrected chi connectivity index (χ4v) is 3.25. The van der Waals surface area contributed by atoms with E-state index in [4.69, 9.17) is 9.47 Å². The van der Waals surface area contributed by atoms with E-state index >= 15 is 0 Å². The van der Waals surface area contributed by atoms with Gasteiger partial charge in [0.25, 0.3) is 0 Å². The molecule has 0 radical (unpaired) electrons. The number of nitrogens with zero attached hydrogens (tertiary/aromatic N) is 1. The molecular weight excluding hydrogens is 344 g/mol. The number of esters is 2. The average molecular weight is 372 g/mol. The second-order valence-electron chi connectivity index (χ2n) is 6.56. The first-order valence-corrected chi connectivity index (χ1v) is 9.11. The van der Waals surface area contributed by atoms with Gasteiger partial charge in [-0.2, -0.15) is 0 Å². The fraction of sp³-hybridized carbons (Fsp3) is 0.429. The van der Waals surface area contributed by atoms with E-state index in [0.29, 0.717) is 22.5 Å². The lowest BCUT2D eigenvalue weighted by Crippen LogP contribution is -2.32. The summed E-state index contributed by atoms with van der Waals surface area (Å²) in [5.74, 6) is -1.41. The van der Waals surface area contributed by atoms with Crippen molar-refractivity contribution >= 4 is 17.6 Å². The van der Waals surface area contributed by atoms with E-state index < -0.39 is 17.9 Å². The summed E-state index contributed by atoms with van der Waals surface area (Å²) in [4.78, 5) is 27.4. The molecule has 1 aliphatic heterocycles. The van der Waals surface area contributed by atoms with Crippen molar-refractivity contribution in [3.63, 3.8) is 0 Å². The number of allylic oxidation sites excluding steroid dienone is 2. The molecule has 0 bridgehead atoms. The summed E-state index contributed by atoms with van der Waals surface area (Å²) < 4.78 is 10.5. The maximum absolute atomic E-state index is 12.7. The SMILES string of the molecule is CCOC(=O)C1=C(C)NC(C)=C(C(=O)OCC)C1c1ccc(N(C)C)cc1. The number of hydrogen-bond acceptors (Lipinski definition) is 6. The van der Waals surface area contributed by atoms with Gasteiger partial charge in [0, 0.05) is 31.2 Å². The molecule has 0 saturated heterocycles. The van der Waals surface area contributed by atoms with E-state index in [-0.39, 0.29) is 13.2 Å². The molecule has 0 aliphatic carbocycles. The van der Waals surface area contributed by atoms with Crippen LogP contribution in [-0.4, -0.2) is 39.2 Å². The van der Waals surface area contributed by atoms with Crippen LogP contribution >= 0.6 is 0 Å². The number of ether oxygens (including phenoxy) is 2. The van der Waals surface area contributed by atoms with Crippen molar-refractivity contribution in [1.29, 1.82) is 0 Å². The Morgan fingerprint density at radius 3 is 1.74 bits per heavy atom. The summed E-state index contributed by atoms with van der Waals surface area (Å²) in [5.41, 5.74) is 4.10. The Kier molecular flexibility index (Phi) is 6.66. The highest BCUT2D eigenvalue weighted by Crippen LogP contribution is 2.39. The van der Waals surface area contributed by atoms with Crippen molar-refractivity contribution in [3.05, 3.63) is 52.4 Å². The molecule has 146 valence electrons. The number of carbonyl (C=O) groups excluding carboxylic acids is 2. The smallest absolute Gasteiger partial charge is 0.336 e. The predicted octanol–water partition coefficient (Wildman–Crippen LogP) is 3.11. The Balaban J connectivity index is 2.60. The summed E-state index contributed by atoms with van der Waals surface area (Å²) >= 11 is 0. The van der Waals surface area contributed by atoms with Gasteiger partial charge >= 0.3 is 11.9 Å². The highest BCUT2D eigenvalue weighted by molar-refractivity contribution is 5.99. The van der Waals surface area contributed by atoms with Gasteiger partial charge in [0.15, 0.2) is 0 Å². The first kappa shape index (κ1) is 20.6. The number of benzene rings is 1. The normalized spacial score (nSPS) is 14.7.